The van der Waals surface area contributed by atoms with Crippen molar-refractivity contribution in [3.63, 3.8) is 0 Å². The molecule has 0 saturated carbocycles. The van der Waals surface area contributed by atoms with E-state index >= 15 is 0 Å². The molecule has 3 rings (SSSR count). The zero-order chi connectivity index (χ0) is 29.6. The third kappa shape index (κ3) is 10.2. The number of ether oxygens (including phenoxy) is 1. The van der Waals surface area contributed by atoms with Gasteiger partial charge in [0.1, 0.15) is 17.5 Å². The molecule has 1 fully saturated rings. The zero-order valence-corrected chi connectivity index (χ0v) is 25.4. The highest BCUT2D eigenvalue weighted by Gasteiger charge is 2.36. The lowest BCUT2D eigenvalue weighted by molar-refractivity contribution is -0.140. The van der Waals surface area contributed by atoms with E-state index in [0.29, 0.717) is 38.9 Å². The van der Waals surface area contributed by atoms with Gasteiger partial charge in [-0.15, -0.1) is 0 Å². The van der Waals surface area contributed by atoms with E-state index in [4.69, 9.17) is 4.74 Å². The molecule has 224 valence electrons. The van der Waals surface area contributed by atoms with Crippen LogP contribution in [0.15, 0.2) is 54.6 Å². The van der Waals surface area contributed by atoms with Crippen molar-refractivity contribution in [3.05, 3.63) is 60.2 Å². The number of benzene rings is 2. The van der Waals surface area contributed by atoms with Gasteiger partial charge in [0.15, 0.2) is 0 Å². The molecule has 0 bridgehead atoms. The number of carbonyl (C=O) groups is 3. The first-order valence-electron chi connectivity index (χ1n) is 15.5. The maximum Gasteiger partial charge on any atom is 0.245 e. The molecule has 1 aliphatic heterocycles. The fourth-order valence-electron chi connectivity index (χ4n) is 5.53. The molecule has 3 atom stereocenters. The van der Waals surface area contributed by atoms with E-state index in [1.54, 1.807) is 0 Å². The minimum atomic E-state index is -0.589. The van der Waals surface area contributed by atoms with E-state index in [1.165, 1.54) is 0 Å². The fourth-order valence-corrected chi connectivity index (χ4v) is 5.53. The lowest BCUT2D eigenvalue weighted by atomic mass is 9.81. The van der Waals surface area contributed by atoms with Crippen LogP contribution in [0.5, 0.6) is 11.5 Å². The molecule has 0 unspecified atom stereocenters. The second kappa shape index (κ2) is 16.8. The lowest BCUT2D eigenvalue weighted by Gasteiger charge is -2.30. The van der Waals surface area contributed by atoms with Gasteiger partial charge < -0.3 is 20.3 Å². The Morgan fingerprint density at radius 2 is 1.71 bits per heavy atom. The number of nitrogens with one attached hydrogen (secondary N) is 2. The Morgan fingerprint density at radius 1 is 0.951 bits per heavy atom. The first-order chi connectivity index (χ1) is 19.8. The Morgan fingerprint density at radius 3 is 2.41 bits per heavy atom. The number of hydrogen-bond acceptors (Lipinski definition) is 4. The van der Waals surface area contributed by atoms with Crippen LogP contribution in [0.25, 0.3) is 0 Å². The van der Waals surface area contributed by atoms with Crippen molar-refractivity contribution >= 4 is 17.7 Å². The number of amides is 3. The second-order valence-corrected chi connectivity index (χ2v) is 11.7. The van der Waals surface area contributed by atoms with Crippen molar-refractivity contribution in [3.8, 4) is 11.5 Å². The van der Waals surface area contributed by atoms with Crippen molar-refractivity contribution in [1.29, 1.82) is 0 Å². The Balaban J connectivity index is 1.71. The van der Waals surface area contributed by atoms with Crippen LogP contribution in [0.4, 0.5) is 0 Å². The summed E-state index contributed by atoms with van der Waals surface area (Å²) in [4.78, 5) is 42.5. The number of nitrogens with zero attached hydrogens (tertiary/aromatic N) is 1. The molecule has 2 aromatic carbocycles. The summed E-state index contributed by atoms with van der Waals surface area (Å²) in [5, 5.41) is 6.15. The Bertz CT molecular complexity index is 1100. The average molecular weight is 564 g/mol. The molecule has 2 N–H and O–H groups in total. The van der Waals surface area contributed by atoms with Crippen LogP contribution < -0.4 is 15.4 Å². The van der Waals surface area contributed by atoms with Gasteiger partial charge in [0, 0.05) is 31.5 Å². The van der Waals surface area contributed by atoms with Crippen LogP contribution in [0.1, 0.15) is 84.6 Å². The Kier molecular flexibility index (Phi) is 13.2. The monoisotopic (exact) mass is 563 g/mol. The highest BCUT2D eigenvalue weighted by atomic mass is 16.5. The molecule has 0 aromatic heterocycles. The van der Waals surface area contributed by atoms with E-state index in [1.807, 2.05) is 66.4 Å². The number of carbonyl (C=O) groups excluding carboxylic acids is 3. The topological polar surface area (TPSA) is 87.7 Å². The first kappa shape index (κ1) is 32.2. The molecule has 0 aliphatic carbocycles. The molecule has 1 aliphatic rings. The number of hydrogen-bond donors (Lipinski definition) is 2. The lowest BCUT2D eigenvalue weighted by Crippen LogP contribution is -2.51. The maximum absolute atomic E-state index is 13.8. The molecule has 3 amide bonds. The number of unbranched alkanes of at least 4 members (excludes halogenated alkanes) is 1. The zero-order valence-electron chi connectivity index (χ0n) is 25.4. The molecule has 0 spiro atoms. The van der Waals surface area contributed by atoms with E-state index in [2.05, 4.69) is 31.4 Å². The smallest absolute Gasteiger partial charge is 0.245 e. The Labute approximate surface area is 246 Å². The highest BCUT2D eigenvalue weighted by Crippen LogP contribution is 2.27. The largest absolute Gasteiger partial charge is 0.457 e. The minimum absolute atomic E-state index is 0.0486. The van der Waals surface area contributed by atoms with Gasteiger partial charge in [-0.25, -0.2) is 0 Å². The molecule has 41 heavy (non-hydrogen) atoms. The number of para-hydroxylation sites is 1. The van der Waals surface area contributed by atoms with Crippen molar-refractivity contribution < 1.29 is 19.1 Å². The minimum Gasteiger partial charge on any atom is -0.457 e. The quantitative estimate of drug-likeness (QED) is 0.243. The fraction of sp³-hybridized carbons (Fsp3) is 0.559. The molecule has 7 heteroatoms. The van der Waals surface area contributed by atoms with E-state index in [0.717, 1.165) is 49.2 Å². The molecular formula is C34H49N3O4. The summed E-state index contributed by atoms with van der Waals surface area (Å²) in [6.45, 7) is 10.0. The van der Waals surface area contributed by atoms with Crippen LogP contribution in [-0.4, -0.2) is 41.8 Å². The molecule has 0 radical (unpaired) electrons. The first-order valence-corrected chi connectivity index (χ1v) is 15.5. The van der Waals surface area contributed by atoms with Crippen LogP contribution in [0, 0.1) is 17.8 Å². The van der Waals surface area contributed by atoms with E-state index in [9.17, 15) is 14.4 Å². The van der Waals surface area contributed by atoms with E-state index < -0.39 is 17.9 Å². The molecule has 1 saturated heterocycles. The third-order valence-electron chi connectivity index (χ3n) is 7.66. The Hall–Kier alpha value is -3.35. The molecule has 1 heterocycles. The number of likely N-dealkylation sites (tertiary alicyclic amines) is 1. The molecule has 2 aromatic rings. The van der Waals surface area contributed by atoms with Crippen molar-refractivity contribution in [1.82, 2.24) is 15.5 Å². The van der Waals surface area contributed by atoms with Crippen LogP contribution in [0.2, 0.25) is 0 Å². The van der Waals surface area contributed by atoms with Crippen molar-refractivity contribution in [2.24, 2.45) is 17.8 Å². The van der Waals surface area contributed by atoms with Crippen LogP contribution in [-0.2, 0) is 20.9 Å². The van der Waals surface area contributed by atoms with E-state index in [-0.39, 0.29) is 23.6 Å². The third-order valence-corrected chi connectivity index (χ3v) is 7.66. The molecular weight excluding hydrogens is 514 g/mol. The van der Waals surface area contributed by atoms with Gasteiger partial charge in [-0.3, -0.25) is 14.4 Å². The SMILES string of the molecule is CCCCNC(=O)[C@@H](CCC)[C@@H](CC(C)C)C(=O)N[C@H]1CCCCN(Cc2cccc(Oc3ccccc3)c2)C1=O. The predicted octanol–water partition coefficient (Wildman–Crippen LogP) is 6.47. The summed E-state index contributed by atoms with van der Waals surface area (Å²) >= 11 is 0. The maximum atomic E-state index is 13.8. The van der Waals surface area contributed by atoms with Gasteiger partial charge >= 0.3 is 0 Å². The summed E-state index contributed by atoms with van der Waals surface area (Å²) in [6.07, 6.45) is 6.33. The van der Waals surface area contributed by atoms with Crippen molar-refractivity contribution in [2.45, 2.75) is 91.6 Å². The van der Waals surface area contributed by atoms with Gasteiger partial charge in [0.05, 0.1) is 0 Å². The second-order valence-electron chi connectivity index (χ2n) is 11.7. The summed E-state index contributed by atoms with van der Waals surface area (Å²) in [6, 6.07) is 16.8. The molecule has 7 nitrogen and oxygen atoms in total. The van der Waals surface area contributed by atoms with Gasteiger partial charge in [-0.2, -0.15) is 0 Å². The predicted molar refractivity (Wildman–Crippen MR) is 163 cm³/mol. The highest BCUT2D eigenvalue weighted by molar-refractivity contribution is 5.91. The van der Waals surface area contributed by atoms with Gasteiger partial charge in [-0.1, -0.05) is 70.9 Å². The normalized spacial score (nSPS) is 17.0. The summed E-state index contributed by atoms with van der Waals surface area (Å²) in [7, 11) is 0. The standard InChI is InChI=1S/C34H49N3O4/c1-5-7-20-35-32(38)29(14-6-2)30(22-25(3)4)33(39)36-31-19-11-12-21-37(34(31)40)24-26-15-13-18-28(23-26)41-27-16-9-8-10-17-27/h8-10,13,15-18,23,25,29-31H,5-7,11-12,14,19-22,24H2,1-4H3,(H,35,38)(H,36,39)/t29-,30+,31-/m0/s1. The summed E-state index contributed by atoms with van der Waals surface area (Å²) in [5.41, 5.74) is 0.975. The number of rotatable bonds is 15. The van der Waals surface area contributed by atoms with Gasteiger partial charge in [0.25, 0.3) is 0 Å². The van der Waals surface area contributed by atoms with Crippen LogP contribution in [0.3, 0.4) is 0 Å². The van der Waals surface area contributed by atoms with Gasteiger partial charge in [0.2, 0.25) is 17.7 Å². The van der Waals surface area contributed by atoms with Crippen molar-refractivity contribution in [2.75, 3.05) is 13.1 Å². The average Bonchev–Trinajstić information content (AvgIpc) is 3.12. The summed E-state index contributed by atoms with van der Waals surface area (Å²) < 4.78 is 5.99. The van der Waals surface area contributed by atoms with Crippen LogP contribution >= 0.6 is 0 Å². The van der Waals surface area contributed by atoms with Gasteiger partial charge in [-0.05, 0) is 74.3 Å². The summed E-state index contributed by atoms with van der Waals surface area (Å²) in [5.74, 6) is 0.574.